The quantitative estimate of drug-likeness (QED) is 0.168. The Morgan fingerprint density at radius 3 is 1.12 bits per heavy atom. The second kappa shape index (κ2) is 15.0. The van der Waals surface area contributed by atoms with Gasteiger partial charge in [-0.3, -0.25) is 15.0 Å². The highest BCUT2D eigenvalue weighted by Gasteiger charge is 2.22. The van der Waals surface area contributed by atoms with E-state index in [1.807, 2.05) is 36.9 Å². The molecule has 0 saturated heterocycles. The van der Waals surface area contributed by atoms with Crippen molar-refractivity contribution in [2.45, 2.75) is 52.4 Å². The van der Waals surface area contributed by atoms with Crippen molar-refractivity contribution in [2.75, 3.05) is 0 Å². The van der Waals surface area contributed by atoms with E-state index in [9.17, 15) is 0 Å². The third kappa shape index (κ3) is 6.67. The third-order valence-corrected chi connectivity index (χ3v) is 12.8. The van der Waals surface area contributed by atoms with Crippen LogP contribution in [0.25, 0.3) is 99.8 Å². The highest BCUT2D eigenvalue weighted by molar-refractivity contribution is 6.12. The third-order valence-electron chi connectivity index (χ3n) is 12.8. The Balaban J connectivity index is 1.11. The molecule has 5 aromatic heterocycles. The molecule has 0 atom stereocenters. The summed E-state index contributed by atoms with van der Waals surface area (Å²) < 4.78 is 4.78. The predicted molar refractivity (Wildman–Crippen MR) is 268 cm³/mol. The van der Waals surface area contributed by atoms with Crippen molar-refractivity contribution in [3.63, 3.8) is 0 Å². The summed E-state index contributed by atoms with van der Waals surface area (Å²) in [5.41, 5.74) is 17.9. The van der Waals surface area contributed by atoms with Crippen LogP contribution in [0.3, 0.4) is 0 Å². The van der Waals surface area contributed by atoms with Crippen LogP contribution in [0, 0.1) is 0 Å². The van der Waals surface area contributed by atoms with Crippen molar-refractivity contribution in [1.29, 1.82) is 0 Å². The molecule has 0 aliphatic heterocycles. The SMILES string of the molecule is CC(C)(C)c1ccc2c(c1)c1cc(-c3ccccc3-c3ccccn3)ccc1n2-c1cncc(-n2c3ccc(-c4ccccc4-c4ccccn4)cc3c3cc(C(C)(C)C)ccc32)c1. The maximum atomic E-state index is 5.00. The number of aromatic nitrogens is 5. The van der Waals surface area contributed by atoms with Crippen molar-refractivity contribution in [3.8, 4) is 56.1 Å². The average molecular weight is 828 g/mol. The molecule has 5 heteroatoms. The molecule has 0 unspecified atom stereocenters. The molecule has 0 saturated carbocycles. The highest BCUT2D eigenvalue weighted by atomic mass is 15.0. The van der Waals surface area contributed by atoms with Gasteiger partial charge in [-0.25, -0.2) is 0 Å². The van der Waals surface area contributed by atoms with Crippen LogP contribution in [-0.4, -0.2) is 24.1 Å². The fourth-order valence-corrected chi connectivity index (χ4v) is 9.49. The van der Waals surface area contributed by atoms with Crippen molar-refractivity contribution < 1.29 is 0 Å². The Morgan fingerprint density at radius 1 is 0.359 bits per heavy atom. The summed E-state index contributed by atoms with van der Waals surface area (Å²) in [4.78, 5) is 14.5. The minimum atomic E-state index is -0.0168. The lowest BCUT2D eigenvalue weighted by Gasteiger charge is -2.19. The molecule has 0 aliphatic carbocycles. The Labute approximate surface area is 374 Å². The first kappa shape index (κ1) is 39.2. The number of hydrogen-bond acceptors (Lipinski definition) is 3. The maximum Gasteiger partial charge on any atom is 0.0708 e. The Kier molecular flexibility index (Phi) is 9.21. The van der Waals surface area contributed by atoms with E-state index >= 15 is 0 Å². The summed E-state index contributed by atoms with van der Waals surface area (Å²) in [7, 11) is 0. The molecule has 5 nitrogen and oxygen atoms in total. The lowest BCUT2D eigenvalue weighted by Crippen LogP contribution is -2.10. The molecule has 0 bridgehead atoms. The first-order valence-corrected chi connectivity index (χ1v) is 22.2. The average Bonchev–Trinajstić information content (AvgIpc) is 3.83. The predicted octanol–water partition coefficient (Wildman–Crippen LogP) is 15.3. The van der Waals surface area contributed by atoms with Gasteiger partial charge in [0, 0.05) is 45.1 Å². The second-order valence-corrected chi connectivity index (χ2v) is 19.0. The van der Waals surface area contributed by atoms with Crippen LogP contribution in [0.15, 0.2) is 189 Å². The van der Waals surface area contributed by atoms with E-state index in [2.05, 4.69) is 202 Å². The van der Waals surface area contributed by atoms with E-state index in [0.29, 0.717) is 0 Å². The first-order chi connectivity index (χ1) is 31.0. The van der Waals surface area contributed by atoms with Gasteiger partial charge in [0.2, 0.25) is 0 Å². The zero-order valence-electron chi connectivity index (χ0n) is 37.1. The Hall–Kier alpha value is -7.63. The largest absolute Gasteiger partial charge is 0.308 e. The molecular weight excluding hydrogens is 779 g/mol. The maximum absolute atomic E-state index is 5.00. The van der Waals surface area contributed by atoms with Crippen LogP contribution in [0.5, 0.6) is 0 Å². The molecule has 11 rings (SSSR count). The van der Waals surface area contributed by atoms with Gasteiger partial charge in [0.25, 0.3) is 0 Å². The van der Waals surface area contributed by atoms with E-state index in [0.717, 1.165) is 78.2 Å². The van der Waals surface area contributed by atoms with Crippen molar-refractivity contribution in [2.24, 2.45) is 0 Å². The normalized spacial score (nSPS) is 12.2. The van der Waals surface area contributed by atoms with Gasteiger partial charge in [-0.1, -0.05) is 126 Å². The molecule has 64 heavy (non-hydrogen) atoms. The van der Waals surface area contributed by atoms with Gasteiger partial charge in [0.05, 0.1) is 57.2 Å². The van der Waals surface area contributed by atoms with Gasteiger partial charge < -0.3 is 9.13 Å². The summed E-state index contributed by atoms with van der Waals surface area (Å²) in [6.45, 7) is 13.7. The van der Waals surface area contributed by atoms with E-state index in [-0.39, 0.29) is 10.8 Å². The highest BCUT2D eigenvalue weighted by Crippen LogP contribution is 2.42. The number of hydrogen-bond donors (Lipinski definition) is 0. The van der Waals surface area contributed by atoms with E-state index in [4.69, 9.17) is 15.0 Å². The number of rotatable bonds is 6. The topological polar surface area (TPSA) is 48.5 Å². The zero-order chi connectivity index (χ0) is 43.7. The Morgan fingerprint density at radius 2 is 0.734 bits per heavy atom. The molecule has 11 aromatic rings. The van der Waals surface area contributed by atoms with Gasteiger partial charge >= 0.3 is 0 Å². The van der Waals surface area contributed by atoms with Crippen molar-refractivity contribution in [1.82, 2.24) is 24.1 Å². The minimum Gasteiger partial charge on any atom is -0.308 e. The fraction of sp³-hybridized carbons (Fsp3) is 0.136. The summed E-state index contributed by atoms with van der Waals surface area (Å²) in [5.74, 6) is 0. The monoisotopic (exact) mass is 827 g/mol. The summed E-state index contributed by atoms with van der Waals surface area (Å²) in [6, 6.07) is 59.4. The molecule has 0 amide bonds. The number of pyridine rings is 3. The van der Waals surface area contributed by atoms with Crippen LogP contribution in [0.4, 0.5) is 0 Å². The summed E-state index contributed by atoms with van der Waals surface area (Å²) >= 11 is 0. The van der Waals surface area contributed by atoms with Crippen molar-refractivity contribution >= 4 is 43.6 Å². The molecular formula is C59H49N5. The van der Waals surface area contributed by atoms with Crippen LogP contribution in [0.2, 0.25) is 0 Å². The standard InChI is InChI=1S/C59H49N5/c1-58(2,3)40-23-27-56-50(33-40)48-31-38(44-15-7-9-17-46(44)52-19-11-13-29-61-52)21-25-54(48)63(56)42-35-43(37-60-36-42)64-55-26-22-39(45-16-8-10-18-47(45)53-20-12-14-30-62-53)32-49(55)51-34-41(59(4,5)6)24-28-57(51)64/h7-37H,1-6H3. The fourth-order valence-electron chi connectivity index (χ4n) is 9.49. The Bertz CT molecular complexity index is 3330. The molecule has 6 aromatic carbocycles. The number of fused-ring (bicyclic) bond motifs is 6. The van der Waals surface area contributed by atoms with Crippen LogP contribution < -0.4 is 0 Å². The van der Waals surface area contributed by atoms with Gasteiger partial charge in [0.15, 0.2) is 0 Å². The molecule has 310 valence electrons. The molecule has 0 fully saturated rings. The molecule has 0 spiro atoms. The first-order valence-electron chi connectivity index (χ1n) is 22.2. The number of nitrogens with zero attached hydrogens (tertiary/aromatic N) is 5. The summed E-state index contributed by atoms with van der Waals surface area (Å²) in [5, 5.41) is 4.83. The van der Waals surface area contributed by atoms with Gasteiger partial charge in [-0.05, 0) is 123 Å². The molecule has 0 N–H and O–H groups in total. The van der Waals surface area contributed by atoms with Crippen molar-refractivity contribution in [3.05, 3.63) is 200 Å². The lowest BCUT2D eigenvalue weighted by molar-refractivity contribution is 0.591. The number of benzene rings is 6. The molecule has 0 aliphatic rings. The molecule has 5 heterocycles. The second-order valence-electron chi connectivity index (χ2n) is 19.0. The van der Waals surface area contributed by atoms with Gasteiger partial charge in [-0.2, -0.15) is 0 Å². The minimum absolute atomic E-state index is 0.0168. The van der Waals surface area contributed by atoms with Crippen LogP contribution in [-0.2, 0) is 10.8 Å². The van der Waals surface area contributed by atoms with Crippen LogP contribution >= 0.6 is 0 Å². The summed E-state index contributed by atoms with van der Waals surface area (Å²) in [6.07, 6.45) is 7.73. The van der Waals surface area contributed by atoms with Gasteiger partial charge in [-0.15, -0.1) is 0 Å². The molecule has 0 radical (unpaired) electrons. The van der Waals surface area contributed by atoms with E-state index in [1.54, 1.807) is 0 Å². The smallest absolute Gasteiger partial charge is 0.0708 e. The lowest BCUT2D eigenvalue weighted by atomic mass is 9.86. The van der Waals surface area contributed by atoms with Gasteiger partial charge in [0.1, 0.15) is 0 Å². The van der Waals surface area contributed by atoms with Crippen LogP contribution in [0.1, 0.15) is 52.7 Å². The van der Waals surface area contributed by atoms with E-state index in [1.165, 1.54) is 32.7 Å². The zero-order valence-corrected chi connectivity index (χ0v) is 37.1. The van der Waals surface area contributed by atoms with E-state index < -0.39 is 0 Å².